The van der Waals surface area contributed by atoms with Crippen LogP contribution in [0.2, 0.25) is 0 Å². The molecule has 3 N–H and O–H groups in total. The summed E-state index contributed by atoms with van der Waals surface area (Å²) in [5.74, 6) is 0.680. The average Bonchev–Trinajstić information content (AvgIpc) is 2.58. The molecule has 0 bridgehead atoms. The summed E-state index contributed by atoms with van der Waals surface area (Å²) in [4.78, 5) is 26.6. The second-order valence-corrected chi connectivity index (χ2v) is 8.15. The van der Waals surface area contributed by atoms with Gasteiger partial charge in [0.25, 0.3) is 5.91 Å². The summed E-state index contributed by atoms with van der Waals surface area (Å²) in [5, 5.41) is 2.92. The van der Waals surface area contributed by atoms with Crippen molar-refractivity contribution in [2.24, 2.45) is 17.1 Å². The smallest absolute Gasteiger partial charge is 0.254 e. The number of carbonyl (C=O) groups excluding carboxylic acids is 2. The van der Waals surface area contributed by atoms with E-state index in [4.69, 9.17) is 5.73 Å². The Bertz CT molecular complexity index is 610. The molecule has 0 spiro atoms. The third kappa shape index (κ3) is 5.71. The summed E-state index contributed by atoms with van der Waals surface area (Å²) < 4.78 is 0. The summed E-state index contributed by atoms with van der Waals surface area (Å²) in [6.07, 6.45) is 2.00. The quantitative estimate of drug-likeness (QED) is 0.841. The Morgan fingerprint density at radius 3 is 2.38 bits per heavy atom. The Hall–Kier alpha value is -1.59. The number of amides is 2. The van der Waals surface area contributed by atoms with Gasteiger partial charge in [-0.05, 0) is 36.5 Å². The van der Waals surface area contributed by atoms with E-state index in [0.717, 1.165) is 24.9 Å². The minimum atomic E-state index is -0.404. The number of carbonyl (C=O) groups is 2. The predicted octanol–water partition coefficient (Wildman–Crippen LogP) is 2.97. The summed E-state index contributed by atoms with van der Waals surface area (Å²) in [7, 11) is 0. The van der Waals surface area contributed by atoms with Crippen molar-refractivity contribution in [3.05, 3.63) is 35.4 Å². The first-order valence-electron chi connectivity index (χ1n) is 9.10. The SMILES string of the molecule is CC1CCN(C(=O)c2ccc(CNC(=O)C(C)(C)C)cc2)C(CN)C1.Cl. The molecule has 2 rings (SSSR count). The molecule has 146 valence electrons. The van der Waals surface area contributed by atoms with Crippen LogP contribution in [0.15, 0.2) is 24.3 Å². The summed E-state index contributed by atoms with van der Waals surface area (Å²) in [6.45, 7) is 9.62. The molecule has 0 radical (unpaired) electrons. The lowest BCUT2D eigenvalue weighted by atomic mass is 9.92. The highest BCUT2D eigenvalue weighted by atomic mass is 35.5. The van der Waals surface area contributed by atoms with Crippen molar-refractivity contribution >= 4 is 24.2 Å². The molecule has 2 amide bonds. The van der Waals surface area contributed by atoms with Gasteiger partial charge in [-0.25, -0.2) is 0 Å². The summed E-state index contributed by atoms with van der Waals surface area (Å²) in [5.41, 5.74) is 7.12. The van der Waals surface area contributed by atoms with E-state index in [-0.39, 0.29) is 30.3 Å². The van der Waals surface area contributed by atoms with Crippen LogP contribution in [0.5, 0.6) is 0 Å². The first-order chi connectivity index (χ1) is 11.7. The molecule has 1 aromatic carbocycles. The van der Waals surface area contributed by atoms with Crippen LogP contribution < -0.4 is 11.1 Å². The van der Waals surface area contributed by atoms with E-state index >= 15 is 0 Å². The highest BCUT2D eigenvalue weighted by Gasteiger charge is 2.29. The van der Waals surface area contributed by atoms with Crippen molar-refractivity contribution in [1.29, 1.82) is 0 Å². The van der Waals surface area contributed by atoms with Gasteiger partial charge in [0.05, 0.1) is 0 Å². The zero-order chi connectivity index (χ0) is 18.6. The van der Waals surface area contributed by atoms with E-state index in [1.165, 1.54) is 0 Å². The second-order valence-electron chi connectivity index (χ2n) is 8.15. The zero-order valence-electron chi connectivity index (χ0n) is 16.2. The van der Waals surface area contributed by atoms with Gasteiger partial charge in [-0.1, -0.05) is 39.8 Å². The highest BCUT2D eigenvalue weighted by Crippen LogP contribution is 2.23. The van der Waals surface area contributed by atoms with Crippen LogP contribution in [-0.2, 0) is 11.3 Å². The molecule has 1 aromatic rings. The first-order valence-corrected chi connectivity index (χ1v) is 9.10. The average molecular weight is 382 g/mol. The molecule has 5 nitrogen and oxygen atoms in total. The molecule has 1 saturated heterocycles. The fourth-order valence-corrected chi connectivity index (χ4v) is 3.12. The predicted molar refractivity (Wildman–Crippen MR) is 107 cm³/mol. The minimum absolute atomic E-state index is 0. The molecule has 0 aromatic heterocycles. The van der Waals surface area contributed by atoms with Gasteiger partial charge in [0.1, 0.15) is 0 Å². The highest BCUT2D eigenvalue weighted by molar-refractivity contribution is 5.94. The zero-order valence-corrected chi connectivity index (χ0v) is 17.1. The second kappa shape index (κ2) is 9.38. The molecule has 2 unspecified atom stereocenters. The Kier molecular flexibility index (Phi) is 8.10. The largest absolute Gasteiger partial charge is 0.352 e. The Morgan fingerprint density at radius 2 is 1.85 bits per heavy atom. The van der Waals surface area contributed by atoms with Crippen molar-refractivity contribution in [1.82, 2.24) is 10.2 Å². The van der Waals surface area contributed by atoms with Crippen LogP contribution in [0.3, 0.4) is 0 Å². The summed E-state index contributed by atoms with van der Waals surface area (Å²) >= 11 is 0. The molecular formula is C20H32ClN3O2. The van der Waals surface area contributed by atoms with E-state index < -0.39 is 5.41 Å². The standard InChI is InChI=1S/C20H31N3O2.ClH/c1-14-9-10-23(17(11-14)12-21)18(24)16-7-5-15(6-8-16)13-22-19(25)20(2,3)4;/h5-8,14,17H,9-13,21H2,1-4H3,(H,22,25);1H. The number of hydrogen-bond acceptors (Lipinski definition) is 3. The third-order valence-electron chi connectivity index (χ3n) is 4.85. The topological polar surface area (TPSA) is 75.4 Å². The van der Waals surface area contributed by atoms with Crippen molar-refractivity contribution in [2.45, 2.75) is 53.1 Å². The maximum absolute atomic E-state index is 12.8. The van der Waals surface area contributed by atoms with E-state index in [2.05, 4.69) is 12.2 Å². The van der Waals surface area contributed by atoms with Gasteiger partial charge in [0, 0.05) is 36.7 Å². The third-order valence-corrected chi connectivity index (χ3v) is 4.85. The van der Waals surface area contributed by atoms with E-state index in [1.54, 1.807) is 0 Å². The number of hydrogen-bond donors (Lipinski definition) is 2. The van der Waals surface area contributed by atoms with Crippen LogP contribution >= 0.6 is 12.4 Å². The molecule has 0 saturated carbocycles. The molecule has 26 heavy (non-hydrogen) atoms. The number of rotatable bonds is 4. The fraction of sp³-hybridized carbons (Fsp3) is 0.600. The number of halogens is 1. The van der Waals surface area contributed by atoms with Crippen LogP contribution in [0.1, 0.15) is 56.5 Å². The van der Waals surface area contributed by atoms with Gasteiger partial charge < -0.3 is 16.0 Å². The fourth-order valence-electron chi connectivity index (χ4n) is 3.12. The van der Waals surface area contributed by atoms with Crippen LogP contribution in [0.25, 0.3) is 0 Å². The van der Waals surface area contributed by atoms with Crippen LogP contribution in [0.4, 0.5) is 0 Å². The van der Waals surface area contributed by atoms with Gasteiger partial charge in [0.15, 0.2) is 0 Å². The van der Waals surface area contributed by atoms with Gasteiger partial charge in [-0.15, -0.1) is 12.4 Å². The summed E-state index contributed by atoms with van der Waals surface area (Å²) in [6, 6.07) is 7.61. The Labute approximate surface area is 163 Å². The lowest BCUT2D eigenvalue weighted by Crippen LogP contribution is -2.49. The number of nitrogens with two attached hydrogens (primary N) is 1. The minimum Gasteiger partial charge on any atom is -0.352 e. The monoisotopic (exact) mass is 381 g/mol. The van der Waals surface area contributed by atoms with Crippen molar-refractivity contribution in [2.75, 3.05) is 13.1 Å². The molecule has 2 atom stereocenters. The number of likely N-dealkylation sites (tertiary alicyclic amines) is 1. The first kappa shape index (κ1) is 22.5. The maximum atomic E-state index is 12.8. The molecule has 1 heterocycles. The lowest BCUT2D eigenvalue weighted by Gasteiger charge is -2.38. The van der Waals surface area contributed by atoms with Crippen molar-refractivity contribution in [3.63, 3.8) is 0 Å². The molecule has 1 fully saturated rings. The molecular weight excluding hydrogens is 350 g/mol. The Morgan fingerprint density at radius 1 is 1.23 bits per heavy atom. The van der Waals surface area contributed by atoms with E-state index in [1.807, 2.05) is 49.9 Å². The van der Waals surface area contributed by atoms with E-state index in [9.17, 15) is 9.59 Å². The van der Waals surface area contributed by atoms with Gasteiger partial charge in [-0.2, -0.15) is 0 Å². The molecule has 1 aliphatic heterocycles. The van der Waals surface area contributed by atoms with Crippen LogP contribution in [-0.4, -0.2) is 35.8 Å². The Balaban J connectivity index is 0.00000338. The number of piperidine rings is 1. The lowest BCUT2D eigenvalue weighted by molar-refractivity contribution is -0.128. The van der Waals surface area contributed by atoms with Crippen molar-refractivity contribution in [3.8, 4) is 0 Å². The molecule has 0 aliphatic carbocycles. The van der Waals surface area contributed by atoms with Gasteiger partial charge >= 0.3 is 0 Å². The van der Waals surface area contributed by atoms with Crippen LogP contribution in [0, 0.1) is 11.3 Å². The number of nitrogens with one attached hydrogen (secondary N) is 1. The number of nitrogens with zero attached hydrogens (tertiary/aromatic N) is 1. The van der Waals surface area contributed by atoms with E-state index in [0.29, 0.717) is 24.6 Å². The van der Waals surface area contributed by atoms with Gasteiger partial charge in [0.2, 0.25) is 5.91 Å². The molecule has 6 heteroatoms. The van der Waals surface area contributed by atoms with Gasteiger partial charge in [-0.3, -0.25) is 9.59 Å². The van der Waals surface area contributed by atoms with Crippen molar-refractivity contribution < 1.29 is 9.59 Å². The number of benzene rings is 1. The molecule has 1 aliphatic rings. The normalized spacial score (nSPS) is 20.3. The maximum Gasteiger partial charge on any atom is 0.254 e.